The number of aldehydes is 1. The van der Waals surface area contributed by atoms with Crippen molar-refractivity contribution in [2.75, 3.05) is 19.0 Å². The lowest BCUT2D eigenvalue weighted by atomic mass is 10.0. The van der Waals surface area contributed by atoms with Crippen molar-refractivity contribution in [2.24, 2.45) is 0 Å². The standard InChI is InChI=1S/C33H42N4O7/c1-21(2)34-32(40)44-24-13-12-23(16-24)26-17-29(37(36-26)33(3,4)5)35-30(39)20-42-27-14-15-28(41-6)31(25(27)18-38)43-19-22-10-8-7-9-11-22/h7-11,14-15,17-18,21,23-24H,12-13,16,19-20H2,1-6H3,(H,34,40)(H,35,39)/t23-,24+/m0/s1. The Hall–Kier alpha value is -4.54. The zero-order valence-electron chi connectivity index (χ0n) is 26.2. The van der Waals surface area contributed by atoms with Crippen LogP contribution >= 0.6 is 0 Å². The molecule has 2 aromatic carbocycles. The third-order valence-corrected chi connectivity index (χ3v) is 7.16. The van der Waals surface area contributed by atoms with E-state index in [0.29, 0.717) is 24.3 Å². The number of alkyl carbamates (subject to hydrolysis) is 1. The van der Waals surface area contributed by atoms with Crippen molar-refractivity contribution >= 4 is 24.1 Å². The smallest absolute Gasteiger partial charge is 0.407 e. The van der Waals surface area contributed by atoms with E-state index in [1.807, 2.05) is 71.0 Å². The van der Waals surface area contributed by atoms with Gasteiger partial charge in [-0.1, -0.05) is 30.3 Å². The van der Waals surface area contributed by atoms with Gasteiger partial charge in [0.25, 0.3) is 5.91 Å². The van der Waals surface area contributed by atoms with Gasteiger partial charge in [-0.15, -0.1) is 0 Å². The minimum Gasteiger partial charge on any atom is -0.493 e. The molecule has 0 aliphatic heterocycles. The van der Waals surface area contributed by atoms with Gasteiger partial charge in [0.2, 0.25) is 0 Å². The first-order valence-electron chi connectivity index (χ1n) is 14.8. The Labute approximate surface area is 258 Å². The average Bonchev–Trinajstić information content (AvgIpc) is 3.62. The Balaban J connectivity index is 1.43. The first-order chi connectivity index (χ1) is 21.0. The maximum absolute atomic E-state index is 13.1. The summed E-state index contributed by atoms with van der Waals surface area (Å²) in [5, 5.41) is 10.5. The van der Waals surface area contributed by atoms with Gasteiger partial charge in [0.1, 0.15) is 29.8 Å². The summed E-state index contributed by atoms with van der Waals surface area (Å²) in [5.74, 6) is 1.01. The number of amides is 2. The van der Waals surface area contributed by atoms with Crippen molar-refractivity contribution in [3.8, 4) is 17.2 Å². The van der Waals surface area contributed by atoms with Crippen LogP contribution in [0.3, 0.4) is 0 Å². The molecule has 0 spiro atoms. The molecule has 0 radical (unpaired) electrons. The number of nitrogens with one attached hydrogen (secondary N) is 2. The van der Waals surface area contributed by atoms with Crippen LogP contribution in [0.15, 0.2) is 48.5 Å². The number of hydrogen-bond acceptors (Lipinski definition) is 8. The molecule has 2 atom stereocenters. The van der Waals surface area contributed by atoms with E-state index in [1.54, 1.807) is 16.8 Å². The Kier molecular flexibility index (Phi) is 10.5. The number of rotatable bonds is 12. The molecule has 11 heteroatoms. The summed E-state index contributed by atoms with van der Waals surface area (Å²) < 4.78 is 24.5. The topological polar surface area (TPSA) is 130 Å². The molecular formula is C33H42N4O7. The Morgan fingerprint density at radius 2 is 1.80 bits per heavy atom. The molecule has 3 aromatic rings. The third-order valence-electron chi connectivity index (χ3n) is 7.16. The van der Waals surface area contributed by atoms with E-state index < -0.39 is 17.5 Å². The molecule has 1 saturated carbocycles. The molecular weight excluding hydrogens is 564 g/mol. The fourth-order valence-electron chi connectivity index (χ4n) is 5.10. The summed E-state index contributed by atoms with van der Waals surface area (Å²) in [5.41, 5.74) is 1.48. The van der Waals surface area contributed by atoms with Crippen LogP contribution in [0, 0.1) is 0 Å². The van der Waals surface area contributed by atoms with Gasteiger partial charge in [-0.05, 0) is 71.6 Å². The van der Waals surface area contributed by atoms with Crippen molar-refractivity contribution in [3.05, 3.63) is 65.4 Å². The number of methoxy groups -OCH3 is 1. The minimum absolute atomic E-state index is 0.00195. The number of hydrogen-bond donors (Lipinski definition) is 2. The second-order valence-electron chi connectivity index (χ2n) is 12.1. The van der Waals surface area contributed by atoms with Crippen molar-refractivity contribution in [2.45, 2.75) is 84.1 Å². The number of nitrogens with zero attached hydrogens (tertiary/aromatic N) is 2. The zero-order chi connectivity index (χ0) is 31.9. The van der Waals surface area contributed by atoms with Crippen LogP contribution in [-0.2, 0) is 21.7 Å². The molecule has 236 valence electrons. The van der Waals surface area contributed by atoms with Gasteiger partial charge in [0, 0.05) is 18.0 Å². The van der Waals surface area contributed by atoms with Crippen molar-refractivity contribution in [1.29, 1.82) is 0 Å². The van der Waals surface area contributed by atoms with Gasteiger partial charge in [-0.3, -0.25) is 9.59 Å². The van der Waals surface area contributed by atoms with Gasteiger partial charge in [0.15, 0.2) is 24.4 Å². The molecule has 1 fully saturated rings. The summed E-state index contributed by atoms with van der Waals surface area (Å²) in [6, 6.07) is 14.6. The van der Waals surface area contributed by atoms with E-state index >= 15 is 0 Å². The summed E-state index contributed by atoms with van der Waals surface area (Å²) in [4.78, 5) is 37.3. The maximum Gasteiger partial charge on any atom is 0.407 e. The highest BCUT2D eigenvalue weighted by atomic mass is 16.6. The molecule has 2 N–H and O–H groups in total. The molecule has 1 aliphatic rings. The van der Waals surface area contributed by atoms with Crippen LogP contribution in [0.2, 0.25) is 0 Å². The van der Waals surface area contributed by atoms with Gasteiger partial charge >= 0.3 is 6.09 Å². The lowest BCUT2D eigenvalue weighted by Gasteiger charge is -2.22. The quantitative estimate of drug-likeness (QED) is 0.247. The fraction of sp³-hybridized carbons (Fsp3) is 0.455. The fourth-order valence-corrected chi connectivity index (χ4v) is 5.10. The Morgan fingerprint density at radius 1 is 1.07 bits per heavy atom. The Morgan fingerprint density at radius 3 is 2.45 bits per heavy atom. The number of benzene rings is 2. The highest BCUT2D eigenvalue weighted by Crippen LogP contribution is 2.38. The second-order valence-corrected chi connectivity index (χ2v) is 12.1. The number of aromatic nitrogens is 2. The van der Waals surface area contributed by atoms with Gasteiger partial charge < -0.3 is 29.6 Å². The van der Waals surface area contributed by atoms with Crippen LogP contribution < -0.4 is 24.8 Å². The predicted molar refractivity (Wildman–Crippen MR) is 166 cm³/mol. The first-order valence-corrected chi connectivity index (χ1v) is 14.8. The largest absolute Gasteiger partial charge is 0.493 e. The predicted octanol–water partition coefficient (Wildman–Crippen LogP) is 5.83. The normalized spacial score (nSPS) is 16.3. The molecule has 11 nitrogen and oxygen atoms in total. The van der Waals surface area contributed by atoms with Crippen LogP contribution in [0.4, 0.5) is 10.6 Å². The number of anilines is 1. The van der Waals surface area contributed by atoms with Crippen LogP contribution in [-0.4, -0.2) is 53.9 Å². The van der Waals surface area contributed by atoms with E-state index in [1.165, 1.54) is 7.11 Å². The Bertz CT molecular complexity index is 1450. The monoisotopic (exact) mass is 606 g/mol. The number of ether oxygens (including phenoxy) is 4. The lowest BCUT2D eigenvalue weighted by molar-refractivity contribution is -0.118. The van der Waals surface area contributed by atoms with Crippen LogP contribution in [0.1, 0.15) is 81.4 Å². The van der Waals surface area contributed by atoms with Gasteiger partial charge in [-0.25, -0.2) is 9.48 Å². The summed E-state index contributed by atoms with van der Waals surface area (Å²) in [6.45, 7) is 9.64. The van der Waals surface area contributed by atoms with Crippen LogP contribution in [0.5, 0.6) is 17.2 Å². The molecule has 1 aromatic heterocycles. The first kappa shape index (κ1) is 32.4. The SMILES string of the molecule is COc1ccc(OCC(=O)Nc2cc([C@H]3CC[C@@H](OC(=O)NC(C)C)C3)nn2C(C)(C)C)c(C=O)c1OCc1ccccc1. The molecule has 1 heterocycles. The van der Waals surface area contributed by atoms with E-state index in [4.69, 9.17) is 24.0 Å². The molecule has 0 saturated heterocycles. The van der Waals surface area contributed by atoms with Gasteiger partial charge in [0.05, 0.1) is 18.3 Å². The molecule has 44 heavy (non-hydrogen) atoms. The zero-order valence-corrected chi connectivity index (χ0v) is 26.2. The lowest BCUT2D eigenvalue weighted by Crippen LogP contribution is -2.33. The number of carbonyl (C=O) groups is 3. The van der Waals surface area contributed by atoms with Gasteiger partial charge in [-0.2, -0.15) is 5.10 Å². The third kappa shape index (κ3) is 8.30. The summed E-state index contributed by atoms with van der Waals surface area (Å²) >= 11 is 0. The molecule has 0 unspecified atom stereocenters. The van der Waals surface area contributed by atoms with Crippen LogP contribution in [0.25, 0.3) is 0 Å². The van der Waals surface area contributed by atoms with Crippen molar-refractivity contribution < 1.29 is 33.3 Å². The summed E-state index contributed by atoms with van der Waals surface area (Å²) in [7, 11) is 1.49. The molecule has 2 amide bonds. The van der Waals surface area contributed by atoms with Crippen molar-refractivity contribution in [1.82, 2.24) is 15.1 Å². The molecule has 4 rings (SSSR count). The maximum atomic E-state index is 13.1. The highest BCUT2D eigenvalue weighted by molar-refractivity contribution is 5.92. The van der Waals surface area contributed by atoms with E-state index in [-0.39, 0.29) is 48.3 Å². The van der Waals surface area contributed by atoms with E-state index in [2.05, 4.69) is 10.6 Å². The summed E-state index contributed by atoms with van der Waals surface area (Å²) in [6.07, 6.45) is 2.24. The highest BCUT2D eigenvalue weighted by Gasteiger charge is 2.32. The average molecular weight is 607 g/mol. The molecule has 0 bridgehead atoms. The van der Waals surface area contributed by atoms with E-state index in [0.717, 1.165) is 24.1 Å². The molecule has 1 aliphatic carbocycles. The minimum atomic E-state index is -0.418. The number of carbonyl (C=O) groups excluding carboxylic acids is 3. The second kappa shape index (κ2) is 14.3. The van der Waals surface area contributed by atoms with E-state index in [9.17, 15) is 14.4 Å². The van der Waals surface area contributed by atoms with Crippen molar-refractivity contribution in [3.63, 3.8) is 0 Å².